The lowest BCUT2D eigenvalue weighted by Crippen LogP contribution is -2.12. The SMILES string of the molecule is O=C(CI)Nc1cc(-c2ccccn2)nc(-c2ccccn2)c1. The Kier molecular flexibility index (Phi) is 4.92. The first-order valence-electron chi connectivity index (χ1n) is 6.97. The Balaban J connectivity index is 2.09. The summed E-state index contributed by atoms with van der Waals surface area (Å²) in [6.07, 6.45) is 3.43. The number of halogens is 1. The van der Waals surface area contributed by atoms with Crippen molar-refractivity contribution in [3.8, 4) is 22.8 Å². The van der Waals surface area contributed by atoms with Gasteiger partial charge >= 0.3 is 0 Å². The van der Waals surface area contributed by atoms with E-state index in [4.69, 9.17) is 0 Å². The molecule has 3 aromatic rings. The molecule has 1 N–H and O–H groups in total. The van der Waals surface area contributed by atoms with Crippen LogP contribution in [0.1, 0.15) is 0 Å². The number of hydrogen-bond donors (Lipinski definition) is 1. The van der Waals surface area contributed by atoms with Gasteiger partial charge in [-0.05, 0) is 36.4 Å². The molecule has 0 aromatic carbocycles. The number of hydrogen-bond acceptors (Lipinski definition) is 4. The zero-order chi connectivity index (χ0) is 16.1. The first kappa shape index (κ1) is 15.5. The molecule has 6 heteroatoms. The highest BCUT2D eigenvalue weighted by Gasteiger charge is 2.10. The quantitative estimate of drug-likeness (QED) is 0.522. The normalized spacial score (nSPS) is 10.3. The summed E-state index contributed by atoms with van der Waals surface area (Å²) in [5, 5.41) is 2.87. The first-order valence-corrected chi connectivity index (χ1v) is 8.49. The van der Waals surface area contributed by atoms with Gasteiger partial charge in [0.25, 0.3) is 0 Å². The molecular weight excluding hydrogens is 403 g/mol. The van der Waals surface area contributed by atoms with Crippen LogP contribution in [0.15, 0.2) is 60.9 Å². The number of alkyl halides is 1. The maximum absolute atomic E-state index is 11.7. The maximum Gasteiger partial charge on any atom is 0.234 e. The fraction of sp³-hybridized carbons (Fsp3) is 0.0588. The molecule has 0 unspecified atom stereocenters. The molecule has 3 aromatic heterocycles. The van der Waals surface area contributed by atoms with E-state index in [0.717, 1.165) is 11.4 Å². The van der Waals surface area contributed by atoms with Gasteiger partial charge in [-0.2, -0.15) is 0 Å². The van der Waals surface area contributed by atoms with E-state index in [-0.39, 0.29) is 5.91 Å². The van der Waals surface area contributed by atoms with Crippen LogP contribution in [0.5, 0.6) is 0 Å². The van der Waals surface area contributed by atoms with Gasteiger partial charge in [-0.1, -0.05) is 34.7 Å². The van der Waals surface area contributed by atoms with E-state index in [9.17, 15) is 4.79 Å². The fourth-order valence-electron chi connectivity index (χ4n) is 2.09. The van der Waals surface area contributed by atoms with Crippen molar-refractivity contribution in [2.75, 3.05) is 9.74 Å². The average molecular weight is 416 g/mol. The molecule has 0 aliphatic rings. The molecule has 0 atom stereocenters. The molecule has 1 amide bonds. The molecule has 0 fully saturated rings. The van der Waals surface area contributed by atoms with Crippen LogP contribution in [0, 0.1) is 0 Å². The summed E-state index contributed by atoms with van der Waals surface area (Å²) in [4.78, 5) is 25.0. The number of carbonyl (C=O) groups is 1. The van der Waals surface area contributed by atoms with Crippen LogP contribution in [-0.4, -0.2) is 25.3 Å². The minimum absolute atomic E-state index is 0.0595. The molecule has 114 valence electrons. The Morgan fingerprint density at radius 3 is 1.91 bits per heavy atom. The standard InChI is InChI=1S/C17H13IN4O/c18-11-17(23)21-12-9-15(13-5-1-3-7-19-13)22-16(10-12)14-6-2-4-8-20-14/h1-10H,11H2,(H,21,22,23). The van der Waals surface area contributed by atoms with Gasteiger partial charge in [-0.15, -0.1) is 0 Å². The van der Waals surface area contributed by atoms with Crippen molar-refractivity contribution < 1.29 is 4.79 Å². The summed E-state index contributed by atoms with van der Waals surface area (Å²) in [7, 11) is 0. The number of amides is 1. The minimum atomic E-state index is -0.0595. The van der Waals surface area contributed by atoms with Crippen LogP contribution in [0.3, 0.4) is 0 Å². The first-order chi connectivity index (χ1) is 11.3. The van der Waals surface area contributed by atoms with Crippen molar-refractivity contribution in [2.24, 2.45) is 0 Å². The third-order valence-electron chi connectivity index (χ3n) is 3.09. The van der Waals surface area contributed by atoms with Gasteiger partial charge in [0, 0.05) is 18.1 Å². The van der Waals surface area contributed by atoms with Gasteiger partial charge in [-0.3, -0.25) is 14.8 Å². The highest BCUT2D eigenvalue weighted by molar-refractivity contribution is 14.1. The molecule has 0 saturated carbocycles. The van der Waals surface area contributed by atoms with Gasteiger partial charge in [0.1, 0.15) is 0 Å². The molecule has 3 rings (SSSR count). The Morgan fingerprint density at radius 2 is 1.48 bits per heavy atom. The summed E-state index contributed by atoms with van der Waals surface area (Å²) in [5.41, 5.74) is 3.56. The number of carbonyl (C=O) groups excluding carboxylic acids is 1. The van der Waals surface area contributed by atoms with Gasteiger partial charge in [0.15, 0.2) is 0 Å². The maximum atomic E-state index is 11.7. The van der Waals surface area contributed by atoms with Crippen LogP contribution in [0.25, 0.3) is 22.8 Å². The van der Waals surface area contributed by atoms with Gasteiger partial charge in [-0.25, -0.2) is 4.98 Å². The molecule has 23 heavy (non-hydrogen) atoms. The summed E-state index contributed by atoms with van der Waals surface area (Å²) < 4.78 is 0.387. The van der Waals surface area contributed by atoms with E-state index in [0.29, 0.717) is 21.5 Å². The van der Waals surface area contributed by atoms with Crippen LogP contribution in [-0.2, 0) is 4.79 Å². The fourth-order valence-corrected chi connectivity index (χ4v) is 2.28. The Hall–Kier alpha value is -2.35. The predicted molar refractivity (Wildman–Crippen MR) is 98.2 cm³/mol. The number of rotatable bonds is 4. The second-order valence-corrected chi connectivity index (χ2v) is 5.50. The Morgan fingerprint density at radius 1 is 0.913 bits per heavy atom. The molecule has 0 aliphatic carbocycles. The molecule has 0 saturated heterocycles. The monoisotopic (exact) mass is 416 g/mol. The topological polar surface area (TPSA) is 67.8 Å². The van der Waals surface area contributed by atoms with E-state index in [1.807, 2.05) is 71.1 Å². The second kappa shape index (κ2) is 7.28. The second-order valence-electron chi connectivity index (χ2n) is 4.74. The summed E-state index contributed by atoms with van der Waals surface area (Å²) in [6, 6.07) is 14.9. The Bertz CT molecular complexity index is 752. The van der Waals surface area contributed by atoms with E-state index < -0.39 is 0 Å². The average Bonchev–Trinajstić information content (AvgIpc) is 2.63. The van der Waals surface area contributed by atoms with E-state index in [2.05, 4.69) is 20.3 Å². The molecule has 0 bridgehead atoms. The number of anilines is 1. The zero-order valence-electron chi connectivity index (χ0n) is 12.1. The molecule has 0 spiro atoms. The van der Waals surface area contributed by atoms with E-state index in [1.165, 1.54) is 0 Å². The molecule has 0 aliphatic heterocycles. The van der Waals surface area contributed by atoms with Crippen molar-refractivity contribution in [1.29, 1.82) is 0 Å². The van der Waals surface area contributed by atoms with Crippen LogP contribution in [0.4, 0.5) is 5.69 Å². The van der Waals surface area contributed by atoms with Crippen molar-refractivity contribution in [1.82, 2.24) is 15.0 Å². The summed E-state index contributed by atoms with van der Waals surface area (Å²) >= 11 is 2.03. The van der Waals surface area contributed by atoms with Crippen molar-refractivity contribution in [3.05, 3.63) is 60.9 Å². The minimum Gasteiger partial charge on any atom is -0.325 e. The van der Waals surface area contributed by atoms with Gasteiger partial charge < -0.3 is 5.32 Å². The van der Waals surface area contributed by atoms with Crippen molar-refractivity contribution >= 4 is 34.2 Å². The van der Waals surface area contributed by atoms with E-state index in [1.54, 1.807) is 12.4 Å². The molecule has 0 radical (unpaired) electrons. The summed E-state index contributed by atoms with van der Waals surface area (Å²) in [5.74, 6) is -0.0595. The highest BCUT2D eigenvalue weighted by Crippen LogP contribution is 2.25. The zero-order valence-corrected chi connectivity index (χ0v) is 14.3. The van der Waals surface area contributed by atoms with Crippen molar-refractivity contribution in [3.63, 3.8) is 0 Å². The Labute approximate surface area is 147 Å². The lowest BCUT2D eigenvalue weighted by Gasteiger charge is -2.09. The van der Waals surface area contributed by atoms with E-state index >= 15 is 0 Å². The lowest BCUT2D eigenvalue weighted by molar-refractivity contribution is -0.113. The van der Waals surface area contributed by atoms with Crippen LogP contribution in [0.2, 0.25) is 0 Å². The smallest absolute Gasteiger partial charge is 0.234 e. The van der Waals surface area contributed by atoms with Gasteiger partial charge in [0.05, 0.1) is 27.2 Å². The largest absolute Gasteiger partial charge is 0.325 e. The number of pyridine rings is 3. The van der Waals surface area contributed by atoms with Crippen LogP contribution < -0.4 is 5.32 Å². The third kappa shape index (κ3) is 3.89. The highest BCUT2D eigenvalue weighted by atomic mass is 127. The van der Waals surface area contributed by atoms with Crippen LogP contribution >= 0.6 is 22.6 Å². The predicted octanol–water partition coefficient (Wildman–Crippen LogP) is 3.58. The molecular formula is C17H13IN4O. The molecule has 5 nitrogen and oxygen atoms in total. The van der Waals surface area contributed by atoms with Crippen molar-refractivity contribution in [2.45, 2.75) is 0 Å². The lowest BCUT2D eigenvalue weighted by atomic mass is 10.1. The third-order valence-corrected chi connectivity index (χ3v) is 3.78. The number of nitrogens with zero attached hydrogens (tertiary/aromatic N) is 3. The molecule has 3 heterocycles. The number of aromatic nitrogens is 3. The summed E-state index contributed by atoms with van der Waals surface area (Å²) in [6.45, 7) is 0. The number of nitrogens with one attached hydrogen (secondary N) is 1. The van der Waals surface area contributed by atoms with Gasteiger partial charge in [0.2, 0.25) is 5.91 Å².